The van der Waals surface area contributed by atoms with E-state index in [0.29, 0.717) is 28.3 Å². The van der Waals surface area contributed by atoms with Gasteiger partial charge in [-0.15, -0.1) is 0 Å². The molecule has 3 amide bonds. The zero-order chi connectivity index (χ0) is 25.4. The van der Waals surface area contributed by atoms with Gasteiger partial charge in [0.15, 0.2) is 11.5 Å². The molecule has 2 aromatic carbocycles. The number of imide groups is 1. The van der Waals surface area contributed by atoms with Crippen molar-refractivity contribution < 1.29 is 33.8 Å². The van der Waals surface area contributed by atoms with E-state index in [1.54, 1.807) is 18.2 Å². The third kappa shape index (κ3) is 3.00. The highest BCUT2D eigenvalue weighted by atomic mass is 16.7. The molecule has 4 heterocycles. The number of nitrogens with zero attached hydrogens (tertiary/aromatic N) is 1. The molecule has 3 N–H and O–H groups in total. The fourth-order valence-corrected chi connectivity index (χ4v) is 6.08. The van der Waals surface area contributed by atoms with Gasteiger partial charge in [-0.05, 0) is 49.1 Å². The van der Waals surface area contributed by atoms with E-state index in [-0.39, 0.29) is 26.2 Å². The zero-order valence-corrected chi connectivity index (χ0v) is 19.8. The molecule has 10 heteroatoms. The Labute approximate surface area is 206 Å². The Morgan fingerprint density at radius 1 is 1.11 bits per heavy atom. The first kappa shape index (κ1) is 22.5. The van der Waals surface area contributed by atoms with Gasteiger partial charge in [-0.1, -0.05) is 18.2 Å². The number of rotatable bonds is 5. The average molecular weight is 492 g/mol. The second-order valence-corrected chi connectivity index (χ2v) is 9.83. The summed E-state index contributed by atoms with van der Waals surface area (Å²) in [6.07, 6.45) is -0.0788. The molecule has 2 aromatic rings. The number of aliphatic carboxylic acids is 1. The van der Waals surface area contributed by atoms with Gasteiger partial charge < -0.3 is 19.9 Å². The fraction of sp³-hybridized carbons (Fsp3) is 0.385. The molecule has 10 nitrogen and oxygen atoms in total. The number of benzene rings is 2. The third-order valence-electron chi connectivity index (χ3n) is 7.96. The first-order valence-electron chi connectivity index (χ1n) is 11.9. The Hall–Kier alpha value is -3.92. The molecule has 0 radical (unpaired) electrons. The van der Waals surface area contributed by atoms with Crippen LogP contribution < -0.4 is 20.1 Å². The van der Waals surface area contributed by atoms with Crippen LogP contribution in [0.25, 0.3) is 0 Å². The second-order valence-electron chi connectivity index (χ2n) is 9.83. The van der Waals surface area contributed by atoms with E-state index >= 15 is 0 Å². The van der Waals surface area contributed by atoms with Crippen molar-refractivity contribution >= 4 is 29.4 Å². The minimum absolute atomic E-state index is 0.0183. The number of nitrogens with one attached hydrogen (secondary N) is 2. The summed E-state index contributed by atoms with van der Waals surface area (Å²) in [6.45, 7) is 3.96. The highest BCUT2D eigenvalue weighted by molar-refractivity contribution is 6.15. The van der Waals surface area contributed by atoms with Gasteiger partial charge in [-0.25, -0.2) is 0 Å². The minimum atomic E-state index is -1.45. The van der Waals surface area contributed by atoms with Crippen molar-refractivity contribution in [2.45, 2.75) is 44.8 Å². The molecule has 6 rings (SSSR count). The van der Waals surface area contributed by atoms with Crippen LogP contribution in [0, 0.1) is 25.7 Å². The smallest absolute Gasteiger partial charge is 0.303 e. The number of carboxylic acid groups (broad SMARTS) is 1. The highest BCUT2D eigenvalue weighted by Gasteiger charge is 2.70. The van der Waals surface area contributed by atoms with E-state index < -0.39 is 47.1 Å². The number of fused-ring (bicyclic) bond motifs is 5. The van der Waals surface area contributed by atoms with E-state index in [2.05, 4.69) is 10.6 Å². The molecule has 0 unspecified atom stereocenters. The Balaban J connectivity index is 1.41. The van der Waals surface area contributed by atoms with Crippen LogP contribution in [0.5, 0.6) is 11.5 Å². The lowest BCUT2D eigenvalue weighted by Gasteiger charge is -2.29. The number of hydrogen-bond donors (Lipinski definition) is 3. The van der Waals surface area contributed by atoms with Crippen LogP contribution in [0.3, 0.4) is 0 Å². The molecule has 4 atom stereocenters. The summed E-state index contributed by atoms with van der Waals surface area (Å²) >= 11 is 0. The van der Waals surface area contributed by atoms with Crippen LogP contribution >= 0.6 is 0 Å². The molecule has 36 heavy (non-hydrogen) atoms. The molecular formula is C26H25N3O7. The largest absolute Gasteiger partial charge is 0.481 e. The normalized spacial score (nSPS) is 27.6. The molecule has 2 fully saturated rings. The fourth-order valence-electron chi connectivity index (χ4n) is 6.08. The van der Waals surface area contributed by atoms with Crippen molar-refractivity contribution in [1.82, 2.24) is 10.2 Å². The van der Waals surface area contributed by atoms with Gasteiger partial charge >= 0.3 is 5.97 Å². The molecule has 2 saturated heterocycles. The molecule has 4 aliphatic heterocycles. The Morgan fingerprint density at radius 3 is 2.67 bits per heavy atom. The van der Waals surface area contributed by atoms with Gasteiger partial charge in [0.25, 0.3) is 0 Å². The lowest BCUT2D eigenvalue weighted by Crippen LogP contribution is -2.53. The van der Waals surface area contributed by atoms with Gasteiger partial charge in [0.05, 0.1) is 18.4 Å². The number of carboxylic acids is 1. The maximum atomic E-state index is 13.9. The lowest BCUT2D eigenvalue weighted by atomic mass is 9.76. The molecule has 0 saturated carbocycles. The van der Waals surface area contributed by atoms with E-state index in [4.69, 9.17) is 9.47 Å². The maximum absolute atomic E-state index is 13.9. The number of hydrogen-bond acceptors (Lipinski definition) is 7. The number of ether oxygens (including phenoxy) is 2. The first-order chi connectivity index (χ1) is 17.2. The van der Waals surface area contributed by atoms with Gasteiger partial charge in [-0.2, -0.15) is 0 Å². The topological polar surface area (TPSA) is 134 Å². The van der Waals surface area contributed by atoms with Gasteiger partial charge in [0, 0.05) is 23.7 Å². The Morgan fingerprint density at radius 2 is 1.89 bits per heavy atom. The molecule has 0 aliphatic carbocycles. The number of likely N-dealkylation sites (tertiary alicyclic amines) is 1. The van der Waals surface area contributed by atoms with Crippen molar-refractivity contribution in [3.63, 3.8) is 0 Å². The highest BCUT2D eigenvalue weighted by Crippen LogP contribution is 2.54. The Bertz CT molecular complexity index is 1360. The number of carbonyl (C=O) groups is 4. The maximum Gasteiger partial charge on any atom is 0.303 e. The van der Waals surface area contributed by atoms with Gasteiger partial charge in [0.2, 0.25) is 24.5 Å². The average Bonchev–Trinajstić information content (AvgIpc) is 3.57. The monoisotopic (exact) mass is 491 g/mol. The van der Waals surface area contributed by atoms with E-state index in [1.807, 2.05) is 26.0 Å². The summed E-state index contributed by atoms with van der Waals surface area (Å²) in [4.78, 5) is 53.7. The van der Waals surface area contributed by atoms with E-state index in [9.17, 15) is 24.3 Å². The standard InChI is InChI=1S/C26H25N3O7/c1-12-3-5-15-22(13(12)2)27-25(34)26(15)21-20(16(28-26)6-8-19(30)31)23(32)29(24(21)33)10-14-4-7-17-18(9-14)36-11-35-17/h3-5,7,9,16,20-21,28H,6,8,10-11H2,1-2H3,(H,27,34)(H,30,31)/t16-,20+,21+,26+/m0/s1. The molecule has 186 valence electrons. The zero-order valence-electron chi connectivity index (χ0n) is 19.8. The molecule has 0 bridgehead atoms. The summed E-state index contributed by atoms with van der Waals surface area (Å²) in [5.41, 5.74) is 2.38. The quantitative estimate of drug-likeness (QED) is 0.540. The van der Waals surface area contributed by atoms with Crippen molar-refractivity contribution in [2.24, 2.45) is 11.8 Å². The van der Waals surface area contributed by atoms with Gasteiger partial charge in [0.1, 0.15) is 5.54 Å². The molecule has 0 aromatic heterocycles. The number of amides is 3. The summed E-state index contributed by atoms with van der Waals surface area (Å²) in [6, 6.07) is 8.29. The predicted octanol–water partition coefficient (Wildman–Crippen LogP) is 1.82. The van der Waals surface area contributed by atoms with Crippen molar-refractivity contribution in [3.05, 3.63) is 52.6 Å². The first-order valence-corrected chi connectivity index (χ1v) is 11.9. The lowest BCUT2D eigenvalue weighted by molar-refractivity contribution is -0.144. The second kappa shape index (κ2) is 7.79. The summed E-state index contributed by atoms with van der Waals surface area (Å²) in [5.74, 6) is -2.97. The van der Waals surface area contributed by atoms with Gasteiger partial charge in [-0.3, -0.25) is 29.4 Å². The molecular weight excluding hydrogens is 466 g/mol. The van der Waals surface area contributed by atoms with Crippen molar-refractivity contribution in [2.75, 3.05) is 12.1 Å². The molecule has 4 aliphatic rings. The van der Waals surface area contributed by atoms with Crippen LogP contribution in [0.1, 0.15) is 35.1 Å². The predicted molar refractivity (Wildman–Crippen MR) is 125 cm³/mol. The molecule has 1 spiro atoms. The van der Waals surface area contributed by atoms with Crippen LogP contribution in [0.15, 0.2) is 30.3 Å². The number of anilines is 1. The number of carbonyl (C=O) groups excluding carboxylic acids is 3. The van der Waals surface area contributed by atoms with Crippen LogP contribution in [-0.2, 0) is 31.3 Å². The van der Waals surface area contributed by atoms with E-state index in [1.165, 1.54) is 4.90 Å². The summed E-state index contributed by atoms with van der Waals surface area (Å²) < 4.78 is 10.8. The Kier molecular flexibility index (Phi) is 4.88. The van der Waals surface area contributed by atoms with Crippen LogP contribution in [0.4, 0.5) is 5.69 Å². The van der Waals surface area contributed by atoms with Crippen LogP contribution in [0.2, 0.25) is 0 Å². The third-order valence-corrected chi connectivity index (χ3v) is 7.96. The SMILES string of the molecule is Cc1ccc2c(c1C)NC(=O)[C@@]21N[C@@H](CCC(=O)O)[C@H]2C(=O)N(Cc3ccc4c(c3)OCO4)C(=O)[C@@H]21. The summed E-state index contributed by atoms with van der Waals surface area (Å²) in [7, 11) is 0. The van der Waals surface area contributed by atoms with Crippen molar-refractivity contribution in [3.8, 4) is 11.5 Å². The van der Waals surface area contributed by atoms with Crippen LogP contribution in [-0.4, -0.2) is 46.5 Å². The minimum Gasteiger partial charge on any atom is -0.481 e. The van der Waals surface area contributed by atoms with Crippen molar-refractivity contribution in [1.29, 1.82) is 0 Å². The van der Waals surface area contributed by atoms with E-state index in [0.717, 1.165) is 11.1 Å². The summed E-state index contributed by atoms with van der Waals surface area (Å²) in [5, 5.41) is 15.5. The number of aryl methyl sites for hydroxylation is 1.